The normalized spacial score (nSPS) is 21.6. The van der Waals surface area contributed by atoms with Crippen LogP contribution in [0.3, 0.4) is 0 Å². The van der Waals surface area contributed by atoms with Crippen molar-refractivity contribution in [2.24, 2.45) is 18.9 Å². The molecule has 0 aromatic carbocycles. The van der Waals surface area contributed by atoms with E-state index in [1.165, 1.54) is 25.7 Å². The molecule has 1 aromatic rings. The Morgan fingerprint density at radius 3 is 2.43 bits per heavy atom. The van der Waals surface area contributed by atoms with Crippen molar-refractivity contribution in [3.8, 4) is 5.88 Å². The molecule has 2 saturated carbocycles. The van der Waals surface area contributed by atoms with Crippen molar-refractivity contribution in [2.45, 2.75) is 31.8 Å². The molecule has 0 atom stereocenters. The fraction of sp³-hybridized carbons (Fsp3) is 0.727. The van der Waals surface area contributed by atoms with Gasteiger partial charge < -0.3 is 4.74 Å². The first kappa shape index (κ1) is 8.33. The lowest BCUT2D eigenvalue weighted by Crippen LogP contribution is -2.21. The van der Waals surface area contributed by atoms with Crippen LogP contribution in [-0.4, -0.2) is 15.9 Å². The van der Waals surface area contributed by atoms with Gasteiger partial charge in [-0.05, 0) is 37.5 Å². The smallest absolute Gasteiger partial charge is 0.232 e. The SMILES string of the molecule is Cn1ccc(OC(C2CC2)C2CC2)n1. The fourth-order valence-corrected chi connectivity index (χ4v) is 2.02. The molecule has 0 aliphatic heterocycles. The average molecular weight is 192 g/mol. The van der Waals surface area contributed by atoms with E-state index in [4.69, 9.17) is 4.74 Å². The maximum Gasteiger partial charge on any atom is 0.232 e. The first-order chi connectivity index (χ1) is 6.83. The fourth-order valence-electron chi connectivity index (χ4n) is 2.02. The first-order valence-electron chi connectivity index (χ1n) is 5.49. The van der Waals surface area contributed by atoms with Crippen LogP contribution in [0.4, 0.5) is 0 Å². The van der Waals surface area contributed by atoms with Crippen LogP contribution in [-0.2, 0) is 7.05 Å². The van der Waals surface area contributed by atoms with Crippen molar-refractivity contribution in [1.82, 2.24) is 9.78 Å². The van der Waals surface area contributed by atoms with Gasteiger partial charge in [0.05, 0.1) is 0 Å². The zero-order valence-electron chi connectivity index (χ0n) is 8.52. The third-order valence-corrected chi connectivity index (χ3v) is 3.12. The Bertz CT molecular complexity index is 314. The highest BCUT2D eigenvalue weighted by Gasteiger charge is 2.43. The first-order valence-corrected chi connectivity index (χ1v) is 5.49. The molecule has 0 N–H and O–H groups in total. The van der Waals surface area contributed by atoms with Crippen molar-refractivity contribution in [3.05, 3.63) is 12.3 Å². The lowest BCUT2D eigenvalue weighted by atomic mass is 10.1. The zero-order valence-corrected chi connectivity index (χ0v) is 8.52. The second-order valence-electron chi connectivity index (χ2n) is 4.58. The largest absolute Gasteiger partial charge is 0.473 e. The number of hydrogen-bond acceptors (Lipinski definition) is 2. The minimum atomic E-state index is 0.463. The van der Waals surface area contributed by atoms with Gasteiger partial charge in [-0.1, -0.05) is 0 Å². The summed E-state index contributed by atoms with van der Waals surface area (Å²) >= 11 is 0. The topological polar surface area (TPSA) is 27.1 Å². The van der Waals surface area contributed by atoms with Crippen LogP contribution >= 0.6 is 0 Å². The molecule has 2 fully saturated rings. The molecule has 0 unspecified atom stereocenters. The van der Waals surface area contributed by atoms with Crippen LogP contribution in [0.5, 0.6) is 5.88 Å². The Hall–Kier alpha value is -0.990. The van der Waals surface area contributed by atoms with Gasteiger partial charge in [-0.25, -0.2) is 0 Å². The third-order valence-electron chi connectivity index (χ3n) is 3.12. The molecule has 2 aliphatic rings. The standard InChI is InChI=1S/C11H16N2O/c1-13-7-6-10(12-13)14-11(8-2-3-8)9-4-5-9/h6-9,11H,2-5H2,1H3. The zero-order chi connectivity index (χ0) is 9.54. The van der Waals surface area contributed by atoms with Crippen molar-refractivity contribution in [2.75, 3.05) is 0 Å². The molecule has 3 nitrogen and oxygen atoms in total. The summed E-state index contributed by atoms with van der Waals surface area (Å²) < 4.78 is 7.75. The summed E-state index contributed by atoms with van der Waals surface area (Å²) in [5.74, 6) is 2.45. The predicted octanol–water partition coefficient (Wildman–Crippen LogP) is 1.99. The monoisotopic (exact) mass is 192 g/mol. The molecule has 0 spiro atoms. The van der Waals surface area contributed by atoms with Crippen molar-refractivity contribution in [3.63, 3.8) is 0 Å². The number of rotatable bonds is 4. The summed E-state index contributed by atoms with van der Waals surface area (Å²) in [4.78, 5) is 0. The Kier molecular flexibility index (Phi) is 1.79. The van der Waals surface area contributed by atoms with E-state index < -0.39 is 0 Å². The summed E-state index contributed by atoms with van der Waals surface area (Å²) in [5, 5.41) is 4.27. The molecule has 3 heteroatoms. The van der Waals surface area contributed by atoms with Gasteiger partial charge in [0.15, 0.2) is 0 Å². The Balaban J connectivity index is 1.68. The molecular formula is C11H16N2O. The second kappa shape index (κ2) is 3.01. The quantitative estimate of drug-likeness (QED) is 0.729. The molecule has 0 amide bonds. The molecule has 1 heterocycles. The van der Waals surface area contributed by atoms with Gasteiger partial charge in [-0.3, -0.25) is 4.68 Å². The minimum absolute atomic E-state index is 0.463. The summed E-state index contributed by atoms with van der Waals surface area (Å²) in [6, 6.07) is 1.96. The van der Waals surface area contributed by atoms with E-state index in [2.05, 4.69) is 5.10 Å². The molecule has 0 saturated heterocycles. The maximum atomic E-state index is 5.95. The minimum Gasteiger partial charge on any atom is -0.473 e. The molecule has 76 valence electrons. The number of nitrogens with zero attached hydrogens (tertiary/aromatic N) is 2. The molecule has 0 radical (unpaired) electrons. The van der Waals surface area contributed by atoms with Gasteiger partial charge in [0.2, 0.25) is 5.88 Å². The van der Waals surface area contributed by atoms with E-state index in [-0.39, 0.29) is 0 Å². The van der Waals surface area contributed by atoms with Gasteiger partial charge in [0.25, 0.3) is 0 Å². The second-order valence-corrected chi connectivity index (χ2v) is 4.58. The Labute approximate surface area is 84.1 Å². The van der Waals surface area contributed by atoms with Crippen LogP contribution in [0, 0.1) is 11.8 Å². The van der Waals surface area contributed by atoms with Gasteiger partial charge >= 0.3 is 0 Å². The van der Waals surface area contributed by atoms with Crippen molar-refractivity contribution in [1.29, 1.82) is 0 Å². The highest BCUT2D eigenvalue weighted by molar-refractivity contribution is 5.08. The number of ether oxygens (including phenoxy) is 1. The number of aryl methyl sites for hydroxylation is 1. The lowest BCUT2D eigenvalue weighted by molar-refractivity contribution is 0.147. The molecule has 1 aromatic heterocycles. The van der Waals surface area contributed by atoms with Crippen LogP contribution < -0.4 is 4.74 Å². The average Bonchev–Trinajstić information content (AvgIpc) is 3.04. The van der Waals surface area contributed by atoms with Crippen LogP contribution in [0.1, 0.15) is 25.7 Å². The van der Waals surface area contributed by atoms with Gasteiger partial charge in [-0.2, -0.15) is 0 Å². The van der Waals surface area contributed by atoms with Crippen LogP contribution in [0.25, 0.3) is 0 Å². The molecule has 2 aliphatic carbocycles. The number of aromatic nitrogens is 2. The summed E-state index contributed by atoms with van der Waals surface area (Å²) in [7, 11) is 1.93. The summed E-state index contributed by atoms with van der Waals surface area (Å²) in [5.41, 5.74) is 0. The van der Waals surface area contributed by atoms with Crippen molar-refractivity contribution < 1.29 is 4.74 Å². The van der Waals surface area contributed by atoms with E-state index in [0.717, 1.165) is 17.7 Å². The third kappa shape index (κ3) is 1.63. The van der Waals surface area contributed by atoms with E-state index in [1.807, 2.05) is 19.3 Å². The van der Waals surface area contributed by atoms with Crippen LogP contribution in [0.15, 0.2) is 12.3 Å². The Morgan fingerprint density at radius 1 is 1.36 bits per heavy atom. The summed E-state index contributed by atoms with van der Waals surface area (Å²) in [6.45, 7) is 0. The Morgan fingerprint density at radius 2 is 2.00 bits per heavy atom. The van der Waals surface area contributed by atoms with Crippen molar-refractivity contribution >= 4 is 0 Å². The lowest BCUT2D eigenvalue weighted by Gasteiger charge is -2.15. The van der Waals surface area contributed by atoms with E-state index in [9.17, 15) is 0 Å². The molecule has 14 heavy (non-hydrogen) atoms. The van der Waals surface area contributed by atoms with Gasteiger partial charge in [0, 0.05) is 19.3 Å². The highest BCUT2D eigenvalue weighted by Crippen LogP contribution is 2.46. The maximum absolute atomic E-state index is 5.95. The molecular weight excluding hydrogens is 176 g/mol. The number of hydrogen-bond donors (Lipinski definition) is 0. The predicted molar refractivity (Wildman–Crippen MR) is 53.1 cm³/mol. The van der Waals surface area contributed by atoms with Gasteiger partial charge in [0.1, 0.15) is 6.10 Å². The van der Waals surface area contributed by atoms with E-state index >= 15 is 0 Å². The van der Waals surface area contributed by atoms with E-state index in [1.54, 1.807) is 4.68 Å². The van der Waals surface area contributed by atoms with Crippen LogP contribution in [0.2, 0.25) is 0 Å². The molecule has 3 rings (SSSR count). The highest BCUT2D eigenvalue weighted by atomic mass is 16.5. The molecule has 0 bridgehead atoms. The van der Waals surface area contributed by atoms with Gasteiger partial charge in [-0.15, -0.1) is 5.10 Å². The summed E-state index contributed by atoms with van der Waals surface area (Å²) in [6.07, 6.45) is 7.82. The van der Waals surface area contributed by atoms with E-state index in [0.29, 0.717) is 6.10 Å².